The number of aromatic hydroxyl groups is 1. The molecular formula is C12H15NO2. The van der Waals surface area contributed by atoms with Crippen LogP contribution in [0.3, 0.4) is 0 Å². The quantitative estimate of drug-likeness (QED) is 0.734. The van der Waals surface area contributed by atoms with E-state index < -0.39 is 0 Å². The summed E-state index contributed by atoms with van der Waals surface area (Å²) in [7, 11) is 0. The predicted octanol–water partition coefficient (Wildman–Crippen LogP) is 1.83. The second kappa shape index (κ2) is 3.26. The Morgan fingerprint density at radius 2 is 2.20 bits per heavy atom. The van der Waals surface area contributed by atoms with Crippen molar-refractivity contribution in [3.8, 4) is 5.75 Å². The van der Waals surface area contributed by atoms with Gasteiger partial charge in [-0.05, 0) is 37.5 Å². The summed E-state index contributed by atoms with van der Waals surface area (Å²) in [5.74, 6) is 0.398. The Kier molecular flexibility index (Phi) is 2.18. The standard InChI is InChI=1S/C12H15NO2/c1-8-7-9(3-4-10(8)14)12(2)6-5-11(15)13-12/h3-4,7,14H,5-6H2,1-2H3,(H,13,15). The summed E-state index contributed by atoms with van der Waals surface area (Å²) in [4.78, 5) is 11.2. The van der Waals surface area contributed by atoms with Crippen LogP contribution in [0.15, 0.2) is 18.2 Å². The topological polar surface area (TPSA) is 49.3 Å². The monoisotopic (exact) mass is 205 g/mol. The van der Waals surface area contributed by atoms with Gasteiger partial charge in [-0.1, -0.05) is 12.1 Å². The first-order chi connectivity index (χ1) is 7.01. The third-order valence-electron chi connectivity index (χ3n) is 3.10. The molecule has 15 heavy (non-hydrogen) atoms. The lowest BCUT2D eigenvalue weighted by molar-refractivity contribution is -0.119. The van der Waals surface area contributed by atoms with Crippen molar-refractivity contribution in [2.24, 2.45) is 0 Å². The van der Waals surface area contributed by atoms with Crippen LogP contribution in [-0.4, -0.2) is 11.0 Å². The molecule has 1 unspecified atom stereocenters. The molecule has 3 heteroatoms. The number of hydrogen-bond donors (Lipinski definition) is 2. The lowest BCUT2D eigenvalue weighted by Gasteiger charge is -2.25. The van der Waals surface area contributed by atoms with Crippen LogP contribution < -0.4 is 5.32 Å². The van der Waals surface area contributed by atoms with E-state index in [1.165, 1.54) is 0 Å². The summed E-state index contributed by atoms with van der Waals surface area (Å²) in [6.45, 7) is 3.88. The van der Waals surface area contributed by atoms with Crippen molar-refractivity contribution < 1.29 is 9.90 Å². The zero-order valence-corrected chi connectivity index (χ0v) is 9.00. The van der Waals surface area contributed by atoms with E-state index >= 15 is 0 Å². The van der Waals surface area contributed by atoms with Gasteiger partial charge in [0.25, 0.3) is 0 Å². The number of carbonyl (C=O) groups excluding carboxylic acids is 1. The van der Waals surface area contributed by atoms with Gasteiger partial charge in [-0.25, -0.2) is 0 Å². The summed E-state index contributed by atoms with van der Waals surface area (Å²) < 4.78 is 0. The van der Waals surface area contributed by atoms with Crippen molar-refractivity contribution in [3.05, 3.63) is 29.3 Å². The minimum absolute atomic E-state index is 0.100. The van der Waals surface area contributed by atoms with Crippen LogP contribution in [0, 0.1) is 6.92 Å². The highest BCUT2D eigenvalue weighted by Gasteiger charge is 2.34. The highest BCUT2D eigenvalue weighted by Crippen LogP contribution is 2.32. The first-order valence-electron chi connectivity index (χ1n) is 5.12. The summed E-state index contributed by atoms with van der Waals surface area (Å²) in [6, 6.07) is 5.48. The zero-order chi connectivity index (χ0) is 11.1. The Labute approximate surface area is 89.1 Å². The van der Waals surface area contributed by atoms with Crippen molar-refractivity contribution in [2.75, 3.05) is 0 Å². The number of phenolic OH excluding ortho intramolecular Hbond substituents is 1. The highest BCUT2D eigenvalue weighted by atomic mass is 16.3. The molecule has 2 N–H and O–H groups in total. The van der Waals surface area contributed by atoms with Crippen molar-refractivity contribution in [1.82, 2.24) is 5.32 Å². The number of nitrogens with one attached hydrogen (secondary N) is 1. The number of benzene rings is 1. The van der Waals surface area contributed by atoms with Gasteiger partial charge in [-0.2, -0.15) is 0 Å². The molecule has 1 atom stereocenters. The maximum atomic E-state index is 11.2. The van der Waals surface area contributed by atoms with Crippen molar-refractivity contribution in [1.29, 1.82) is 0 Å². The fourth-order valence-corrected chi connectivity index (χ4v) is 2.01. The second-order valence-corrected chi connectivity index (χ2v) is 4.38. The zero-order valence-electron chi connectivity index (χ0n) is 9.00. The molecule has 0 bridgehead atoms. The van der Waals surface area contributed by atoms with Gasteiger partial charge < -0.3 is 10.4 Å². The molecule has 1 saturated heterocycles. The third kappa shape index (κ3) is 1.69. The molecular weight excluding hydrogens is 190 g/mol. The van der Waals surface area contributed by atoms with Gasteiger partial charge in [0.1, 0.15) is 5.75 Å². The maximum absolute atomic E-state index is 11.2. The Balaban J connectivity index is 2.37. The molecule has 0 radical (unpaired) electrons. The van der Waals surface area contributed by atoms with Crippen LogP contribution >= 0.6 is 0 Å². The number of phenols is 1. The Hall–Kier alpha value is -1.51. The molecule has 1 aliphatic heterocycles. The van der Waals surface area contributed by atoms with E-state index in [1.807, 2.05) is 26.0 Å². The number of carbonyl (C=O) groups is 1. The normalized spacial score (nSPS) is 25.3. The summed E-state index contributed by atoms with van der Waals surface area (Å²) in [5, 5.41) is 12.4. The second-order valence-electron chi connectivity index (χ2n) is 4.38. The van der Waals surface area contributed by atoms with Crippen LogP contribution in [0.2, 0.25) is 0 Å². The van der Waals surface area contributed by atoms with E-state index in [4.69, 9.17) is 0 Å². The molecule has 3 nitrogen and oxygen atoms in total. The lowest BCUT2D eigenvalue weighted by Crippen LogP contribution is -2.35. The fraction of sp³-hybridized carbons (Fsp3) is 0.417. The van der Waals surface area contributed by atoms with Gasteiger partial charge in [0.15, 0.2) is 0 Å². The van der Waals surface area contributed by atoms with Crippen molar-refractivity contribution in [2.45, 2.75) is 32.2 Å². The first-order valence-corrected chi connectivity index (χ1v) is 5.12. The number of aryl methyl sites for hydroxylation is 1. The Morgan fingerprint density at radius 1 is 1.47 bits per heavy atom. The Bertz CT molecular complexity index is 414. The van der Waals surface area contributed by atoms with E-state index in [0.29, 0.717) is 12.2 Å². The lowest BCUT2D eigenvalue weighted by atomic mass is 9.89. The molecule has 1 aliphatic rings. The summed E-state index contributed by atoms with van der Waals surface area (Å²) in [5.41, 5.74) is 1.63. The van der Waals surface area contributed by atoms with Crippen LogP contribution in [0.5, 0.6) is 5.75 Å². The van der Waals surface area contributed by atoms with Crippen LogP contribution in [-0.2, 0) is 10.3 Å². The third-order valence-corrected chi connectivity index (χ3v) is 3.10. The summed E-state index contributed by atoms with van der Waals surface area (Å²) in [6.07, 6.45) is 1.40. The van der Waals surface area contributed by atoms with E-state index in [2.05, 4.69) is 5.32 Å². The molecule has 1 aromatic carbocycles. The molecule has 0 aromatic heterocycles. The van der Waals surface area contributed by atoms with E-state index in [-0.39, 0.29) is 11.4 Å². The first kappa shape index (κ1) is 10.0. The van der Waals surface area contributed by atoms with Crippen LogP contribution in [0.4, 0.5) is 0 Å². The number of rotatable bonds is 1. The molecule has 1 amide bonds. The number of amides is 1. The van der Waals surface area contributed by atoms with E-state index in [0.717, 1.165) is 17.5 Å². The van der Waals surface area contributed by atoms with E-state index in [9.17, 15) is 9.90 Å². The van der Waals surface area contributed by atoms with Gasteiger partial charge in [-0.3, -0.25) is 4.79 Å². The SMILES string of the molecule is Cc1cc(C2(C)CCC(=O)N2)ccc1O. The molecule has 0 saturated carbocycles. The minimum Gasteiger partial charge on any atom is -0.508 e. The van der Waals surface area contributed by atoms with Crippen molar-refractivity contribution >= 4 is 5.91 Å². The van der Waals surface area contributed by atoms with Gasteiger partial charge in [0.2, 0.25) is 5.91 Å². The van der Waals surface area contributed by atoms with Crippen LogP contribution in [0.1, 0.15) is 30.9 Å². The summed E-state index contributed by atoms with van der Waals surface area (Å²) >= 11 is 0. The average Bonchev–Trinajstić information content (AvgIpc) is 2.52. The van der Waals surface area contributed by atoms with E-state index in [1.54, 1.807) is 6.07 Å². The predicted molar refractivity (Wildman–Crippen MR) is 57.6 cm³/mol. The maximum Gasteiger partial charge on any atom is 0.220 e. The molecule has 0 spiro atoms. The molecule has 1 fully saturated rings. The molecule has 1 aromatic rings. The largest absolute Gasteiger partial charge is 0.508 e. The van der Waals surface area contributed by atoms with Gasteiger partial charge in [-0.15, -0.1) is 0 Å². The highest BCUT2D eigenvalue weighted by molar-refractivity contribution is 5.79. The fourth-order valence-electron chi connectivity index (χ4n) is 2.01. The van der Waals surface area contributed by atoms with Crippen LogP contribution in [0.25, 0.3) is 0 Å². The molecule has 80 valence electrons. The molecule has 2 rings (SSSR count). The van der Waals surface area contributed by atoms with Crippen molar-refractivity contribution in [3.63, 3.8) is 0 Å². The Morgan fingerprint density at radius 3 is 2.73 bits per heavy atom. The molecule has 1 heterocycles. The minimum atomic E-state index is -0.268. The van der Waals surface area contributed by atoms with Gasteiger partial charge in [0, 0.05) is 6.42 Å². The number of hydrogen-bond acceptors (Lipinski definition) is 2. The average molecular weight is 205 g/mol. The smallest absolute Gasteiger partial charge is 0.220 e. The molecule has 0 aliphatic carbocycles. The van der Waals surface area contributed by atoms with Gasteiger partial charge in [0.05, 0.1) is 5.54 Å². The van der Waals surface area contributed by atoms with Gasteiger partial charge >= 0.3 is 0 Å².